The van der Waals surface area contributed by atoms with E-state index in [1.807, 2.05) is 0 Å². The van der Waals surface area contributed by atoms with E-state index in [0.717, 1.165) is 25.7 Å². The van der Waals surface area contributed by atoms with Crippen molar-refractivity contribution in [1.82, 2.24) is 0 Å². The molecule has 0 radical (unpaired) electrons. The topological polar surface area (TPSA) is 57.5 Å². The summed E-state index contributed by atoms with van der Waals surface area (Å²) in [7, 11) is 0. The van der Waals surface area contributed by atoms with Crippen molar-refractivity contribution in [2.24, 2.45) is 0 Å². The number of aliphatic hydroxyl groups excluding tert-OH is 1. The fourth-order valence-corrected chi connectivity index (χ4v) is 1.65. The van der Waals surface area contributed by atoms with Crippen molar-refractivity contribution in [1.29, 1.82) is 0 Å². The Hall–Kier alpha value is -0.830. The molecule has 0 heterocycles. The zero-order chi connectivity index (χ0) is 27.2. The Balaban J connectivity index is 5.15. The largest absolute Gasteiger partial charge is 0.481 e. The lowest BCUT2D eigenvalue weighted by atomic mass is 10.1. The van der Waals surface area contributed by atoms with Gasteiger partial charge in [0.2, 0.25) is 0 Å². The molecule has 0 fully saturated rings. The number of aliphatic carboxylic acids is 1. The maximum Gasteiger partial charge on any atom is 0.303 e. The Labute approximate surface area is 148 Å². The van der Waals surface area contributed by atoms with Crippen LogP contribution in [0.4, 0.5) is 0 Å². The first-order valence-corrected chi connectivity index (χ1v) is 7.14. The van der Waals surface area contributed by atoms with Gasteiger partial charge in [0.05, 0.1) is 6.10 Å². The maximum atomic E-state index is 10.4. The predicted molar refractivity (Wildman–Crippen MR) is 88.5 cm³/mol. The van der Waals surface area contributed by atoms with Crippen LogP contribution in [-0.2, 0) is 4.79 Å². The first-order valence-electron chi connectivity index (χ1n) is 13.6. The highest BCUT2D eigenvalue weighted by atomic mass is 16.4. The second kappa shape index (κ2) is 15.6. The highest BCUT2D eigenvalue weighted by molar-refractivity contribution is 5.66. The SMILES string of the molecule is [2H]C([2H])([2H])C([2H])([2H])C([2H])([2H])C([2H])([2H])C([2H])([2H])C([2H])([2H])C(O)C/C=C\CCCCCCCC(=O)O. The van der Waals surface area contributed by atoms with E-state index in [1.165, 1.54) is 6.08 Å². The lowest BCUT2D eigenvalue weighted by molar-refractivity contribution is -0.137. The van der Waals surface area contributed by atoms with Crippen LogP contribution in [0.1, 0.15) is 108 Å². The summed E-state index contributed by atoms with van der Waals surface area (Å²) in [6, 6.07) is 0. The molecule has 0 saturated heterocycles. The van der Waals surface area contributed by atoms with Gasteiger partial charge in [-0.25, -0.2) is 0 Å². The van der Waals surface area contributed by atoms with Crippen LogP contribution < -0.4 is 0 Å². The molecule has 0 aliphatic rings. The lowest BCUT2D eigenvalue weighted by Crippen LogP contribution is -2.04. The highest BCUT2D eigenvalue weighted by Gasteiger charge is 2.00. The fraction of sp³-hybridized carbons (Fsp3) is 0.833. The number of unbranched alkanes of at least 4 members (excludes halogenated alkanes) is 5. The maximum absolute atomic E-state index is 10.4. The van der Waals surface area contributed by atoms with E-state index in [9.17, 15) is 9.90 Å². The van der Waals surface area contributed by atoms with Crippen LogP contribution in [0.2, 0.25) is 0 Å². The molecule has 0 rings (SSSR count). The third-order valence-electron chi connectivity index (χ3n) is 2.71. The molecule has 0 aromatic carbocycles. The van der Waals surface area contributed by atoms with Gasteiger partial charge < -0.3 is 10.2 Å². The molecule has 0 aromatic rings. The van der Waals surface area contributed by atoms with Gasteiger partial charge in [0.25, 0.3) is 0 Å². The van der Waals surface area contributed by atoms with Crippen LogP contribution >= 0.6 is 0 Å². The molecule has 0 aromatic heterocycles. The summed E-state index contributed by atoms with van der Waals surface area (Å²) in [5.41, 5.74) is 0. The van der Waals surface area contributed by atoms with E-state index in [0.29, 0.717) is 12.8 Å². The molecule has 1 unspecified atom stereocenters. The Morgan fingerprint density at radius 1 is 1.14 bits per heavy atom. The van der Waals surface area contributed by atoms with Crippen molar-refractivity contribution in [2.45, 2.75) is 96.2 Å². The van der Waals surface area contributed by atoms with Gasteiger partial charge in [0, 0.05) is 24.2 Å². The van der Waals surface area contributed by atoms with Crippen molar-refractivity contribution >= 4 is 5.97 Å². The first kappa shape index (κ1) is 7.16. The molecule has 124 valence electrons. The molecule has 0 saturated carbocycles. The van der Waals surface area contributed by atoms with Crippen molar-refractivity contribution < 1.29 is 32.8 Å². The van der Waals surface area contributed by atoms with E-state index in [2.05, 4.69) is 0 Å². The highest BCUT2D eigenvalue weighted by Crippen LogP contribution is 2.10. The molecular formula is C18H34O3. The Morgan fingerprint density at radius 3 is 2.67 bits per heavy atom. The third-order valence-corrected chi connectivity index (χ3v) is 2.71. The van der Waals surface area contributed by atoms with Crippen LogP contribution in [0.5, 0.6) is 0 Å². The molecule has 21 heavy (non-hydrogen) atoms. The normalized spacial score (nSPS) is 26.0. The molecule has 0 amide bonds. The summed E-state index contributed by atoms with van der Waals surface area (Å²) in [4.78, 5) is 10.4. The molecule has 0 aliphatic carbocycles. The summed E-state index contributed by atoms with van der Waals surface area (Å²) in [6.07, 6.45) is -14.1. The zero-order valence-electron chi connectivity index (χ0n) is 25.2. The molecule has 1 atom stereocenters. The Kier molecular flexibility index (Phi) is 5.31. The summed E-state index contributed by atoms with van der Waals surface area (Å²) < 4.78 is 99.9. The number of rotatable bonds is 15. The summed E-state index contributed by atoms with van der Waals surface area (Å²) in [5.74, 6) is -0.842. The standard InChI is InChI=1S/C18H34O3/c1-2-3-4-11-14-17(19)15-12-9-7-5-6-8-10-13-16-18(20)21/h9,12,17,19H,2-8,10-11,13-16H2,1H3,(H,20,21)/b12-9-/i1D3,2D2,3D2,4D2,11D2,14D2. The van der Waals surface area contributed by atoms with Crippen LogP contribution in [0.25, 0.3) is 0 Å². The van der Waals surface area contributed by atoms with Gasteiger partial charge in [0.1, 0.15) is 0 Å². The quantitative estimate of drug-likeness (QED) is 0.327. The lowest BCUT2D eigenvalue weighted by Gasteiger charge is -2.07. The zero-order valence-corrected chi connectivity index (χ0v) is 12.2. The van der Waals surface area contributed by atoms with Gasteiger partial charge in [-0.15, -0.1) is 0 Å². The second-order valence-corrected chi connectivity index (χ2v) is 4.57. The van der Waals surface area contributed by atoms with E-state index in [-0.39, 0.29) is 6.42 Å². The van der Waals surface area contributed by atoms with Crippen LogP contribution in [0, 0.1) is 0 Å². The van der Waals surface area contributed by atoms with Crippen molar-refractivity contribution in [2.75, 3.05) is 0 Å². The molecule has 0 bridgehead atoms. The molecular weight excluding hydrogens is 264 g/mol. The van der Waals surface area contributed by atoms with E-state index >= 15 is 0 Å². The predicted octanol–water partition coefficient (Wildman–Crippen LogP) is 5.08. The molecule has 2 N–H and O–H groups in total. The number of hydrogen-bond acceptors (Lipinski definition) is 2. The van der Waals surface area contributed by atoms with E-state index in [4.69, 9.17) is 22.9 Å². The smallest absolute Gasteiger partial charge is 0.303 e. The third kappa shape index (κ3) is 17.1. The Bertz CT molecular complexity index is 687. The van der Waals surface area contributed by atoms with Crippen LogP contribution in [0.3, 0.4) is 0 Å². The summed E-state index contributed by atoms with van der Waals surface area (Å²) in [6.45, 7) is -3.66. The van der Waals surface area contributed by atoms with E-state index < -0.39 is 57.2 Å². The average molecular weight is 312 g/mol. The second-order valence-electron chi connectivity index (χ2n) is 4.57. The van der Waals surface area contributed by atoms with Crippen molar-refractivity contribution in [3.63, 3.8) is 0 Å². The van der Waals surface area contributed by atoms with Gasteiger partial charge in [-0.05, 0) is 32.1 Å². The van der Waals surface area contributed by atoms with E-state index in [1.54, 1.807) is 6.08 Å². The molecule has 3 heteroatoms. The number of carbonyl (C=O) groups is 1. The molecule has 0 aliphatic heterocycles. The van der Waals surface area contributed by atoms with Gasteiger partial charge in [0.15, 0.2) is 0 Å². The monoisotopic (exact) mass is 311 g/mol. The fourth-order valence-electron chi connectivity index (χ4n) is 1.65. The number of carboxylic acid groups (broad SMARTS) is 1. The molecule has 3 nitrogen and oxygen atoms in total. The minimum Gasteiger partial charge on any atom is -0.481 e. The van der Waals surface area contributed by atoms with Gasteiger partial charge in [-0.3, -0.25) is 4.79 Å². The van der Waals surface area contributed by atoms with Gasteiger partial charge >= 0.3 is 5.97 Å². The number of hydrogen-bond donors (Lipinski definition) is 2. The van der Waals surface area contributed by atoms with Gasteiger partial charge in [-0.2, -0.15) is 0 Å². The number of aliphatic hydroxyl groups is 1. The van der Waals surface area contributed by atoms with Crippen molar-refractivity contribution in [3.05, 3.63) is 12.2 Å². The summed E-state index contributed by atoms with van der Waals surface area (Å²) in [5, 5.41) is 18.8. The summed E-state index contributed by atoms with van der Waals surface area (Å²) >= 11 is 0. The number of allylic oxidation sites excluding steroid dienone is 1. The van der Waals surface area contributed by atoms with Crippen molar-refractivity contribution in [3.8, 4) is 0 Å². The minimum atomic E-state index is -3.98. The minimum absolute atomic E-state index is 0.119. The van der Waals surface area contributed by atoms with Crippen LogP contribution in [0.15, 0.2) is 12.2 Å². The van der Waals surface area contributed by atoms with Crippen LogP contribution in [-0.4, -0.2) is 22.3 Å². The first-order chi connectivity index (χ1) is 15.1. The van der Waals surface area contributed by atoms with Gasteiger partial charge in [-0.1, -0.05) is 63.8 Å². The number of carboxylic acids is 1. The Morgan fingerprint density at radius 2 is 1.90 bits per heavy atom. The average Bonchev–Trinajstić information content (AvgIpc) is 2.67. The molecule has 0 spiro atoms.